The van der Waals surface area contributed by atoms with Crippen LogP contribution in [-0.2, 0) is 14.3 Å². The molecule has 34 heavy (non-hydrogen) atoms. The average Bonchev–Trinajstić information content (AvgIpc) is 3.06. The van der Waals surface area contributed by atoms with Crippen LogP contribution in [0.25, 0.3) is 11.1 Å². The number of fused-ring (bicyclic) bond motifs is 3. The van der Waals surface area contributed by atoms with E-state index in [0.717, 1.165) is 18.2 Å². The maximum atomic E-state index is 12.9. The summed E-state index contributed by atoms with van der Waals surface area (Å²) in [5.74, 6) is -2.78. The zero-order valence-corrected chi connectivity index (χ0v) is 17.3. The summed E-state index contributed by atoms with van der Waals surface area (Å²) >= 11 is 0. The first-order valence-corrected chi connectivity index (χ1v) is 9.28. The normalized spacial score (nSPS) is 11.3. The van der Waals surface area contributed by atoms with Gasteiger partial charge in [-0.1, -0.05) is 6.58 Å². The molecule has 1 aliphatic carbocycles. The molecule has 3 rings (SSSR count). The minimum atomic E-state index is -1.10. The second-order valence-corrected chi connectivity index (χ2v) is 6.96. The minimum Gasteiger partial charge on any atom is -0.459 e. The Morgan fingerprint density at radius 3 is 1.91 bits per heavy atom. The summed E-state index contributed by atoms with van der Waals surface area (Å²) in [7, 11) is 0. The Bertz CT molecular complexity index is 1330. The van der Waals surface area contributed by atoms with E-state index in [0.29, 0.717) is 6.07 Å². The lowest BCUT2D eigenvalue weighted by Gasteiger charge is -2.08. The van der Waals surface area contributed by atoms with Gasteiger partial charge in [0.1, 0.15) is 13.2 Å². The highest BCUT2D eigenvalue weighted by atomic mass is 16.6. The van der Waals surface area contributed by atoms with Gasteiger partial charge in [-0.15, -0.1) is 0 Å². The van der Waals surface area contributed by atoms with Gasteiger partial charge in [0.15, 0.2) is 5.78 Å². The Hall–Kier alpha value is -5.01. The number of esters is 2. The molecule has 1 aliphatic rings. The highest BCUT2D eigenvalue weighted by Crippen LogP contribution is 2.48. The van der Waals surface area contributed by atoms with Gasteiger partial charge in [-0.2, -0.15) is 0 Å². The molecule has 0 heterocycles. The number of nitrogens with zero attached hydrogens (tertiary/aromatic N) is 3. The molecule has 0 bridgehead atoms. The first-order valence-electron chi connectivity index (χ1n) is 9.28. The van der Waals surface area contributed by atoms with E-state index in [1.165, 1.54) is 6.92 Å². The van der Waals surface area contributed by atoms with Crippen molar-refractivity contribution in [1.82, 2.24) is 0 Å². The highest BCUT2D eigenvalue weighted by Gasteiger charge is 2.41. The van der Waals surface area contributed by atoms with Crippen LogP contribution in [0.1, 0.15) is 33.2 Å². The lowest BCUT2D eigenvalue weighted by molar-refractivity contribution is -0.394. The summed E-state index contributed by atoms with van der Waals surface area (Å²) in [6.45, 7) is 4.05. The van der Waals surface area contributed by atoms with Gasteiger partial charge in [-0.25, -0.2) is 9.59 Å². The molecular weight excluding hydrogens is 458 g/mol. The lowest BCUT2D eigenvalue weighted by Crippen LogP contribution is -2.15. The van der Waals surface area contributed by atoms with Crippen molar-refractivity contribution in [2.24, 2.45) is 0 Å². The molecular formula is C20H13N3O11. The number of nitro benzene ring substituents is 3. The molecule has 0 amide bonds. The van der Waals surface area contributed by atoms with E-state index >= 15 is 0 Å². The SMILES string of the molecule is C=C(C)C(=O)OCCOC(=O)c1cc2c(c([N+](=O)[O-])c1)-c1c(cc([N+](=O)[O-])cc1[N+](=O)[O-])C2=O. The third kappa shape index (κ3) is 4.19. The topological polar surface area (TPSA) is 199 Å². The first-order chi connectivity index (χ1) is 15.9. The Morgan fingerprint density at radius 2 is 1.38 bits per heavy atom. The molecule has 174 valence electrons. The molecule has 0 unspecified atom stereocenters. The molecule has 2 aromatic carbocycles. The average molecular weight is 471 g/mol. The van der Waals surface area contributed by atoms with Gasteiger partial charge in [0.05, 0.1) is 37.5 Å². The smallest absolute Gasteiger partial charge is 0.338 e. The molecule has 14 nitrogen and oxygen atoms in total. The van der Waals surface area contributed by atoms with Gasteiger partial charge in [0, 0.05) is 28.8 Å². The number of ether oxygens (including phenoxy) is 2. The van der Waals surface area contributed by atoms with Crippen LogP contribution in [0.5, 0.6) is 0 Å². The van der Waals surface area contributed by atoms with Crippen molar-refractivity contribution >= 4 is 34.8 Å². The van der Waals surface area contributed by atoms with Crippen molar-refractivity contribution in [3.8, 4) is 11.1 Å². The van der Waals surface area contributed by atoms with E-state index in [-0.39, 0.29) is 12.2 Å². The number of benzene rings is 2. The maximum absolute atomic E-state index is 12.9. The van der Waals surface area contributed by atoms with Crippen LogP contribution in [-0.4, -0.2) is 45.7 Å². The summed E-state index contributed by atoms with van der Waals surface area (Å²) in [5, 5.41) is 34.4. The van der Waals surface area contributed by atoms with Crippen LogP contribution in [0.2, 0.25) is 0 Å². The standard InChI is InChI=1S/C20H13N3O11/c1-9(2)19(25)33-3-4-34-20(26)10-5-12-16(14(6-10)22(29)30)17-13(18(12)24)7-11(21(27)28)8-15(17)23(31)32/h5-8H,1,3-4H2,2H3. The summed E-state index contributed by atoms with van der Waals surface area (Å²) in [6.07, 6.45) is 0. The molecule has 0 aliphatic heterocycles. The number of hydrogen-bond donors (Lipinski definition) is 0. The monoisotopic (exact) mass is 471 g/mol. The Kier molecular flexibility index (Phi) is 6.16. The van der Waals surface area contributed by atoms with Crippen LogP contribution in [0.4, 0.5) is 17.1 Å². The molecule has 14 heteroatoms. The largest absolute Gasteiger partial charge is 0.459 e. The molecule has 0 N–H and O–H groups in total. The summed E-state index contributed by atoms with van der Waals surface area (Å²) < 4.78 is 9.65. The number of hydrogen-bond acceptors (Lipinski definition) is 11. The second kappa shape index (κ2) is 8.85. The quantitative estimate of drug-likeness (QED) is 0.154. The molecule has 0 saturated heterocycles. The van der Waals surface area contributed by atoms with Crippen LogP contribution < -0.4 is 0 Å². The van der Waals surface area contributed by atoms with Crippen LogP contribution >= 0.6 is 0 Å². The number of carbonyl (C=O) groups excluding carboxylic acids is 3. The zero-order chi connectivity index (χ0) is 25.3. The lowest BCUT2D eigenvalue weighted by atomic mass is 9.99. The number of non-ortho nitro benzene ring substituents is 1. The van der Waals surface area contributed by atoms with Crippen molar-refractivity contribution < 1.29 is 38.6 Å². The summed E-state index contributed by atoms with van der Waals surface area (Å²) in [4.78, 5) is 68.1. The highest BCUT2D eigenvalue weighted by molar-refractivity contribution is 6.25. The van der Waals surface area contributed by atoms with Crippen LogP contribution in [0.15, 0.2) is 36.4 Å². The van der Waals surface area contributed by atoms with Gasteiger partial charge in [0.2, 0.25) is 0 Å². The molecule has 0 aromatic heterocycles. The van der Waals surface area contributed by atoms with Crippen LogP contribution in [0.3, 0.4) is 0 Å². The third-order valence-electron chi connectivity index (χ3n) is 4.70. The molecule has 0 spiro atoms. The Labute approximate surface area is 188 Å². The molecule has 2 aromatic rings. The van der Waals surface area contributed by atoms with Crippen molar-refractivity contribution in [2.75, 3.05) is 13.2 Å². The van der Waals surface area contributed by atoms with Gasteiger partial charge >= 0.3 is 11.9 Å². The van der Waals surface area contributed by atoms with E-state index < -0.39 is 84.0 Å². The van der Waals surface area contributed by atoms with E-state index in [9.17, 15) is 44.7 Å². The van der Waals surface area contributed by atoms with Gasteiger partial charge in [-0.05, 0) is 13.0 Å². The van der Waals surface area contributed by atoms with Crippen molar-refractivity contribution in [1.29, 1.82) is 0 Å². The number of rotatable bonds is 8. The summed E-state index contributed by atoms with van der Waals surface area (Å²) in [5.41, 5.74) is -4.51. The Balaban J connectivity index is 2.04. The van der Waals surface area contributed by atoms with Crippen molar-refractivity contribution in [3.63, 3.8) is 0 Å². The van der Waals surface area contributed by atoms with Crippen molar-refractivity contribution in [2.45, 2.75) is 6.92 Å². The van der Waals surface area contributed by atoms with E-state index in [4.69, 9.17) is 9.47 Å². The van der Waals surface area contributed by atoms with Crippen LogP contribution in [0, 0.1) is 30.3 Å². The minimum absolute atomic E-state index is 0.119. The van der Waals surface area contributed by atoms with E-state index in [2.05, 4.69) is 6.58 Å². The summed E-state index contributed by atoms with van der Waals surface area (Å²) in [6, 6.07) is 3.10. The first kappa shape index (κ1) is 23.6. The van der Waals surface area contributed by atoms with E-state index in [1.54, 1.807) is 0 Å². The van der Waals surface area contributed by atoms with Gasteiger partial charge in [-0.3, -0.25) is 35.1 Å². The fourth-order valence-electron chi connectivity index (χ4n) is 3.25. The zero-order valence-electron chi connectivity index (χ0n) is 17.3. The fourth-order valence-corrected chi connectivity index (χ4v) is 3.25. The number of carbonyl (C=O) groups is 3. The molecule has 0 radical (unpaired) electrons. The number of ketones is 1. The fraction of sp³-hybridized carbons (Fsp3) is 0.150. The molecule has 0 fully saturated rings. The second-order valence-electron chi connectivity index (χ2n) is 6.96. The van der Waals surface area contributed by atoms with Gasteiger partial charge in [0.25, 0.3) is 17.1 Å². The molecule has 0 saturated carbocycles. The van der Waals surface area contributed by atoms with Crippen molar-refractivity contribution in [3.05, 3.63) is 83.5 Å². The Morgan fingerprint density at radius 1 is 0.853 bits per heavy atom. The number of nitro groups is 3. The van der Waals surface area contributed by atoms with Gasteiger partial charge < -0.3 is 9.47 Å². The molecule has 0 atom stereocenters. The predicted molar refractivity (Wildman–Crippen MR) is 111 cm³/mol. The van der Waals surface area contributed by atoms with E-state index in [1.807, 2.05) is 0 Å². The third-order valence-corrected chi connectivity index (χ3v) is 4.70. The predicted octanol–water partition coefficient (Wildman–Crippen LogP) is 2.90. The maximum Gasteiger partial charge on any atom is 0.338 e.